The molecule has 6 heteroatoms. The average molecular weight is 283 g/mol. The van der Waals surface area contributed by atoms with Crippen molar-refractivity contribution in [1.29, 1.82) is 0 Å². The number of hydrogen-bond donors (Lipinski definition) is 1. The molecule has 0 bridgehead atoms. The number of hydrogen-bond acceptors (Lipinski definition) is 3. The van der Waals surface area contributed by atoms with Gasteiger partial charge in [0.25, 0.3) is 5.91 Å². The van der Waals surface area contributed by atoms with Crippen LogP contribution in [0.5, 0.6) is 0 Å². The highest BCUT2D eigenvalue weighted by Crippen LogP contribution is 2.20. The first kappa shape index (κ1) is 13.9. The van der Waals surface area contributed by atoms with Crippen molar-refractivity contribution in [2.24, 2.45) is 0 Å². The van der Waals surface area contributed by atoms with E-state index in [0.29, 0.717) is 23.4 Å². The molecule has 102 valence electrons. The summed E-state index contributed by atoms with van der Waals surface area (Å²) in [6.07, 6.45) is 0. The van der Waals surface area contributed by atoms with Gasteiger partial charge >= 0.3 is 5.97 Å². The van der Waals surface area contributed by atoms with E-state index in [-0.39, 0.29) is 11.7 Å². The summed E-state index contributed by atoms with van der Waals surface area (Å²) in [6, 6.07) is 3.28. The van der Waals surface area contributed by atoms with Crippen LogP contribution in [0.25, 0.3) is 0 Å². The SMILES string of the molecule is Cc1cc(C(=O)N2CCSCC2C(=O)O)ccc1F. The van der Waals surface area contributed by atoms with Gasteiger partial charge in [0.2, 0.25) is 0 Å². The van der Waals surface area contributed by atoms with Gasteiger partial charge in [-0.1, -0.05) is 0 Å². The molecule has 0 spiro atoms. The van der Waals surface area contributed by atoms with Crippen LogP contribution in [-0.4, -0.2) is 46.0 Å². The van der Waals surface area contributed by atoms with Crippen molar-refractivity contribution in [1.82, 2.24) is 4.90 Å². The van der Waals surface area contributed by atoms with Crippen LogP contribution in [0.2, 0.25) is 0 Å². The van der Waals surface area contributed by atoms with Crippen molar-refractivity contribution in [2.45, 2.75) is 13.0 Å². The molecule has 0 saturated carbocycles. The molecule has 0 aliphatic carbocycles. The highest BCUT2D eigenvalue weighted by molar-refractivity contribution is 7.99. The zero-order valence-corrected chi connectivity index (χ0v) is 11.2. The fraction of sp³-hybridized carbons (Fsp3) is 0.385. The quantitative estimate of drug-likeness (QED) is 0.899. The maximum Gasteiger partial charge on any atom is 0.327 e. The number of carbonyl (C=O) groups is 2. The first-order valence-electron chi connectivity index (χ1n) is 5.88. The molecule has 1 atom stereocenters. The van der Waals surface area contributed by atoms with Gasteiger partial charge in [-0.3, -0.25) is 4.79 Å². The molecule has 0 aromatic heterocycles. The Balaban J connectivity index is 2.26. The van der Waals surface area contributed by atoms with Crippen LogP contribution in [0.15, 0.2) is 18.2 Å². The zero-order chi connectivity index (χ0) is 14.0. The van der Waals surface area contributed by atoms with Gasteiger partial charge in [0, 0.05) is 23.6 Å². The van der Waals surface area contributed by atoms with Gasteiger partial charge in [-0.15, -0.1) is 0 Å². The molecule has 1 unspecified atom stereocenters. The smallest absolute Gasteiger partial charge is 0.327 e. The van der Waals surface area contributed by atoms with Gasteiger partial charge in [0.1, 0.15) is 11.9 Å². The molecule has 1 heterocycles. The van der Waals surface area contributed by atoms with Crippen molar-refractivity contribution in [2.75, 3.05) is 18.1 Å². The third-order valence-corrected chi connectivity index (χ3v) is 4.10. The summed E-state index contributed by atoms with van der Waals surface area (Å²) in [7, 11) is 0. The molecular weight excluding hydrogens is 269 g/mol. The van der Waals surface area contributed by atoms with Gasteiger partial charge in [-0.05, 0) is 30.7 Å². The number of carbonyl (C=O) groups excluding carboxylic acids is 1. The molecule has 1 aromatic rings. The Labute approximate surface area is 114 Å². The topological polar surface area (TPSA) is 57.6 Å². The third kappa shape index (κ3) is 2.89. The van der Waals surface area contributed by atoms with Gasteiger partial charge in [0.15, 0.2) is 0 Å². The summed E-state index contributed by atoms with van der Waals surface area (Å²) >= 11 is 1.52. The molecule has 1 amide bonds. The molecule has 1 N–H and O–H groups in total. The zero-order valence-electron chi connectivity index (χ0n) is 10.4. The third-order valence-electron chi connectivity index (χ3n) is 3.08. The predicted octanol–water partition coefficient (Wildman–Crippen LogP) is 1.78. The van der Waals surface area contributed by atoms with Gasteiger partial charge in [-0.25, -0.2) is 9.18 Å². The number of amides is 1. The highest BCUT2D eigenvalue weighted by atomic mass is 32.2. The summed E-state index contributed by atoms with van der Waals surface area (Å²) < 4.78 is 13.2. The summed E-state index contributed by atoms with van der Waals surface area (Å²) in [5.41, 5.74) is 0.709. The molecule has 1 fully saturated rings. The summed E-state index contributed by atoms with van der Waals surface area (Å²) in [5, 5.41) is 9.14. The molecule has 1 aromatic carbocycles. The number of rotatable bonds is 2. The highest BCUT2D eigenvalue weighted by Gasteiger charge is 2.32. The van der Waals surface area contributed by atoms with E-state index in [2.05, 4.69) is 0 Å². The second kappa shape index (κ2) is 5.61. The van der Waals surface area contributed by atoms with Crippen molar-refractivity contribution in [3.05, 3.63) is 35.1 Å². The predicted molar refractivity (Wildman–Crippen MR) is 70.9 cm³/mol. The fourth-order valence-corrected chi connectivity index (χ4v) is 3.03. The molecular formula is C13H14FNO3S. The lowest BCUT2D eigenvalue weighted by atomic mass is 10.1. The number of benzene rings is 1. The van der Waals surface area contributed by atoms with E-state index in [4.69, 9.17) is 5.11 Å². The molecule has 19 heavy (non-hydrogen) atoms. The lowest BCUT2D eigenvalue weighted by Gasteiger charge is -2.32. The van der Waals surface area contributed by atoms with E-state index in [0.717, 1.165) is 5.75 Å². The van der Waals surface area contributed by atoms with Crippen LogP contribution in [0, 0.1) is 12.7 Å². The second-order valence-electron chi connectivity index (χ2n) is 4.39. The Bertz CT molecular complexity index is 521. The van der Waals surface area contributed by atoms with Crippen LogP contribution < -0.4 is 0 Å². The fourth-order valence-electron chi connectivity index (χ4n) is 1.99. The standard InChI is InChI=1S/C13H14FNO3S/c1-8-6-9(2-3-10(8)14)12(16)15-4-5-19-7-11(15)13(17)18/h2-3,6,11H,4-5,7H2,1H3,(H,17,18). The summed E-state index contributed by atoms with van der Waals surface area (Å²) in [4.78, 5) is 24.8. The first-order valence-corrected chi connectivity index (χ1v) is 7.04. The monoisotopic (exact) mass is 283 g/mol. The van der Waals surface area contributed by atoms with E-state index < -0.39 is 12.0 Å². The number of halogens is 1. The minimum Gasteiger partial charge on any atom is -0.480 e. The van der Waals surface area contributed by atoms with E-state index >= 15 is 0 Å². The number of thioether (sulfide) groups is 1. The Kier molecular flexibility index (Phi) is 4.09. The van der Waals surface area contributed by atoms with E-state index in [9.17, 15) is 14.0 Å². The minimum absolute atomic E-state index is 0.331. The van der Waals surface area contributed by atoms with Crippen molar-refractivity contribution in [3.63, 3.8) is 0 Å². The molecule has 1 aliphatic heterocycles. The Morgan fingerprint density at radius 1 is 1.47 bits per heavy atom. The number of carboxylic acids is 1. The Hall–Kier alpha value is -1.56. The number of aryl methyl sites for hydroxylation is 1. The molecule has 0 radical (unpaired) electrons. The lowest BCUT2D eigenvalue weighted by molar-refractivity contribution is -0.141. The average Bonchev–Trinajstić information content (AvgIpc) is 2.41. The number of nitrogens with zero attached hydrogens (tertiary/aromatic N) is 1. The Morgan fingerprint density at radius 3 is 2.84 bits per heavy atom. The van der Waals surface area contributed by atoms with E-state index in [1.807, 2.05) is 0 Å². The van der Waals surface area contributed by atoms with Crippen molar-refractivity contribution >= 4 is 23.6 Å². The normalized spacial score (nSPS) is 19.3. The van der Waals surface area contributed by atoms with Gasteiger partial charge in [-0.2, -0.15) is 11.8 Å². The Morgan fingerprint density at radius 2 is 2.21 bits per heavy atom. The first-order chi connectivity index (χ1) is 9.00. The van der Waals surface area contributed by atoms with Crippen molar-refractivity contribution in [3.8, 4) is 0 Å². The molecule has 1 saturated heterocycles. The van der Waals surface area contributed by atoms with Crippen molar-refractivity contribution < 1.29 is 19.1 Å². The summed E-state index contributed by atoms with van der Waals surface area (Å²) in [6.45, 7) is 1.98. The maximum absolute atomic E-state index is 13.2. The van der Waals surface area contributed by atoms with Gasteiger partial charge < -0.3 is 10.0 Å². The number of carboxylic acid groups (broad SMARTS) is 1. The lowest BCUT2D eigenvalue weighted by Crippen LogP contribution is -2.50. The number of aliphatic carboxylic acids is 1. The molecule has 4 nitrogen and oxygen atoms in total. The van der Waals surface area contributed by atoms with Crippen LogP contribution in [-0.2, 0) is 4.79 Å². The molecule has 1 aliphatic rings. The van der Waals surface area contributed by atoms with Crippen LogP contribution in [0.4, 0.5) is 4.39 Å². The van der Waals surface area contributed by atoms with E-state index in [1.54, 1.807) is 6.92 Å². The van der Waals surface area contributed by atoms with Crippen LogP contribution >= 0.6 is 11.8 Å². The van der Waals surface area contributed by atoms with E-state index in [1.165, 1.54) is 34.9 Å². The van der Waals surface area contributed by atoms with Crippen LogP contribution in [0.1, 0.15) is 15.9 Å². The van der Waals surface area contributed by atoms with Gasteiger partial charge in [0.05, 0.1) is 0 Å². The molecule has 2 rings (SSSR count). The second-order valence-corrected chi connectivity index (χ2v) is 5.54. The van der Waals surface area contributed by atoms with Crippen LogP contribution in [0.3, 0.4) is 0 Å². The summed E-state index contributed by atoms with van der Waals surface area (Å²) in [5.74, 6) is -0.618. The largest absolute Gasteiger partial charge is 0.480 e. The minimum atomic E-state index is -1.00. The maximum atomic E-state index is 13.2.